The SMILES string of the molecule is CC(=O)NC1CCCN(C(=O)NCc2ccc(N(C)C)cc2)C1. The third-order valence-corrected chi connectivity index (χ3v) is 4.01. The van der Waals surface area contributed by atoms with Gasteiger partial charge in [0.1, 0.15) is 0 Å². The monoisotopic (exact) mass is 318 g/mol. The Morgan fingerprint density at radius 2 is 1.96 bits per heavy atom. The molecule has 0 spiro atoms. The quantitative estimate of drug-likeness (QED) is 0.885. The number of nitrogens with one attached hydrogen (secondary N) is 2. The molecule has 1 fully saturated rings. The molecule has 1 unspecified atom stereocenters. The summed E-state index contributed by atoms with van der Waals surface area (Å²) < 4.78 is 0. The molecule has 0 aliphatic carbocycles. The molecule has 126 valence electrons. The van der Waals surface area contributed by atoms with Crippen LogP contribution in [0.2, 0.25) is 0 Å². The Morgan fingerprint density at radius 3 is 2.57 bits per heavy atom. The van der Waals surface area contributed by atoms with Gasteiger partial charge in [-0.3, -0.25) is 4.79 Å². The molecule has 1 aliphatic heterocycles. The van der Waals surface area contributed by atoms with Crippen molar-refractivity contribution in [2.75, 3.05) is 32.1 Å². The van der Waals surface area contributed by atoms with E-state index in [1.807, 2.05) is 43.3 Å². The molecule has 6 heteroatoms. The molecule has 23 heavy (non-hydrogen) atoms. The molecule has 1 saturated heterocycles. The average Bonchev–Trinajstić information content (AvgIpc) is 2.52. The van der Waals surface area contributed by atoms with Crippen LogP contribution in [0, 0.1) is 0 Å². The Bertz CT molecular complexity index is 542. The van der Waals surface area contributed by atoms with Crippen molar-refractivity contribution < 1.29 is 9.59 Å². The van der Waals surface area contributed by atoms with E-state index >= 15 is 0 Å². The highest BCUT2D eigenvalue weighted by Gasteiger charge is 2.23. The number of hydrogen-bond acceptors (Lipinski definition) is 3. The molecule has 1 atom stereocenters. The highest BCUT2D eigenvalue weighted by atomic mass is 16.2. The molecule has 2 rings (SSSR count). The molecular formula is C17H26N4O2. The van der Waals surface area contributed by atoms with Crippen molar-refractivity contribution in [2.45, 2.75) is 32.4 Å². The number of benzene rings is 1. The molecular weight excluding hydrogens is 292 g/mol. The number of amides is 3. The second kappa shape index (κ2) is 7.85. The van der Waals surface area contributed by atoms with Crippen LogP contribution in [0.15, 0.2) is 24.3 Å². The predicted molar refractivity (Wildman–Crippen MR) is 91.4 cm³/mol. The van der Waals surface area contributed by atoms with Crippen molar-refractivity contribution in [2.24, 2.45) is 0 Å². The van der Waals surface area contributed by atoms with Crippen molar-refractivity contribution in [3.05, 3.63) is 29.8 Å². The van der Waals surface area contributed by atoms with Crippen molar-refractivity contribution >= 4 is 17.6 Å². The number of urea groups is 1. The van der Waals surface area contributed by atoms with Crippen LogP contribution in [0.25, 0.3) is 0 Å². The lowest BCUT2D eigenvalue weighted by Gasteiger charge is -2.33. The van der Waals surface area contributed by atoms with Gasteiger partial charge in [0, 0.05) is 52.4 Å². The second-order valence-corrected chi connectivity index (χ2v) is 6.21. The predicted octanol–water partition coefficient (Wildman–Crippen LogP) is 1.56. The number of anilines is 1. The van der Waals surface area contributed by atoms with Gasteiger partial charge in [-0.1, -0.05) is 12.1 Å². The standard InChI is InChI=1S/C17H26N4O2/c1-13(22)19-15-5-4-10-21(12-15)17(23)18-11-14-6-8-16(9-7-14)20(2)3/h6-9,15H,4-5,10-12H2,1-3H3,(H,18,23)(H,19,22). The number of piperidine rings is 1. The first-order valence-corrected chi connectivity index (χ1v) is 8.02. The van der Waals surface area contributed by atoms with Gasteiger partial charge in [-0.25, -0.2) is 4.79 Å². The summed E-state index contributed by atoms with van der Waals surface area (Å²) in [5.41, 5.74) is 2.20. The number of carbonyl (C=O) groups excluding carboxylic acids is 2. The maximum atomic E-state index is 12.3. The van der Waals surface area contributed by atoms with E-state index in [4.69, 9.17) is 0 Å². The maximum Gasteiger partial charge on any atom is 0.317 e. The summed E-state index contributed by atoms with van der Waals surface area (Å²) in [5, 5.41) is 5.84. The minimum Gasteiger partial charge on any atom is -0.378 e. The third-order valence-electron chi connectivity index (χ3n) is 4.01. The van der Waals surface area contributed by atoms with Gasteiger partial charge in [0.05, 0.1) is 0 Å². The minimum absolute atomic E-state index is 0.0433. The number of nitrogens with zero attached hydrogens (tertiary/aromatic N) is 2. The number of rotatable bonds is 4. The zero-order chi connectivity index (χ0) is 16.8. The Balaban J connectivity index is 1.83. The van der Waals surface area contributed by atoms with Gasteiger partial charge in [-0.05, 0) is 30.5 Å². The molecule has 3 amide bonds. The second-order valence-electron chi connectivity index (χ2n) is 6.21. The fourth-order valence-corrected chi connectivity index (χ4v) is 2.77. The number of hydrogen-bond donors (Lipinski definition) is 2. The normalized spacial score (nSPS) is 17.5. The Morgan fingerprint density at radius 1 is 1.26 bits per heavy atom. The van der Waals surface area contributed by atoms with Crippen LogP contribution < -0.4 is 15.5 Å². The van der Waals surface area contributed by atoms with Crippen LogP contribution in [-0.2, 0) is 11.3 Å². The molecule has 1 heterocycles. The zero-order valence-electron chi connectivity index (χ0n) is 14.1. The first kappa shape index (κ1) is 17.1. The van der Waals surface area contributed by atoms with Gasteiger partial charge in [0.15, 0.2) is 0 Å². The van der Waals surface area contributed by atoms with Crippen LogP contribution in [0.5, 0.6) is 0 Å². The molecule has 1 aliphatic rings. The summed E-state index contributed by atoms with van der Waals surface area (Å²) >= 11 is 0. The molecule has 2 N–H and O–H groups in total. The van der Waals surface area contributed by atoms with Gasteiger partial charge >= 0.3 is 6.03 Å². The van der Waals surface area contributed by atoms with Gasteiger partial charge in [0.2, 0.25) is 5.91 Å². The topological polar surface area (TPSA) is 64.7 Å². The number of likely N-dealkylation sites (tertiary alicyclic amines) is 1. The maximum absolute atomic E-state index is 12.3. The van der Waals surface area contributed by atoms with Gasteiger partial charge in [0.25, 0.3) is 0 Å². The fourth-order valence-electron chi connectivity index (χ4n) is 2.77. The lowest BCUT2D eigenvalue weighted by Crippen LogP contribution is -2.51. The smallest absolute Gasteiger partial charge is 0.317 e. The van der Waals surface area contributed by atoms with E-state index in [1.54, 1.807) is 4.90 Å². The molecule has 0 aromatic heterocycles. The molecule has 1 aromatic carbocycles. The Kier molecular flexibility index (Phi) is 5.84. The highest BCUT2D eigenvalue weighted by Crippen LogP contribution is 2.13. The van der Waals surface area contributed by atoms with Crippen molar-refractivity contribution in [1.82, 2.24) is 15.5 Å². The number of carbonyl (C=O) groups is 2. The fraction of sp³-hybridized carbons (Fsp3) is 0.529. The molecule has 0 radical (unpaired) electrons. The van der Waals surface area contributed by atoms with Crippen LogP contribution in [0.3, 0.4) is 0 Å². The largest absolute Gasteiger partial charge is 0.378 e. The summed E-state index contributed by atoms with van der Waals surface area (Å²) in [5.74, 6) is -0.0433. The highest BCUT2D eigenvalue weighted by molar-refractivity contribution is 5.75. The Labute approximate surface area is 137 Å². The van der Waals surface area contributed by atoms with Crippen LogP contribution in [-0.4, -0.2) is 50.1 Å². The van der Waals surface area contributed by atoms with Crippen LogP contribution >= 0.6 is 0 Å². The van der Waals surface area contributed by atoms with E-state index in [2.05, 4.69) is 10.6 Å². The molecule has 1 aromatic rings. The Hall–Kier alpha value is -2.24. The summed E-state index contributed by atoms with van der Waals surface area (Å²) in [6, 6.07) is 8.10. The molecule has 0 saturated carbocycles. The van der Waals surface area contributed by atoms with Gasteiger partial charge in [-0.15, -0.1) is 0 Å². The van der Waals surface area contributed by atoms with Crippen LogP contribution in [0.1, 0.15) is 25.3 Å². The van der Waals surface area contributed by atoms with E-state index < -0.39 is 0 Å². The van der Waals surface area contributed by atoms with E-state index in [0.29, 0.717) is 13.1 Å². The average molecular weight is 318 g/mol. The minimum atomic E-state index is -0.0725. The van der Waals surface area contributed by atoms with Crippen molar-refractivity contribution in [3.63, 3.8) is 0 Å². The van der Waals surface area contributed by atoms with Gasteiger partial charge in [-0.2, -0.15) is 0 Å². The summed E-state index contributed by atoms with van der Waals surface area (Å²) in [4.78, 5) is 27.2. The first-order chi connectivity index (χ1) is 11.0. The van der Waals surface area contributed by atoms with E-state index in [0.717, 1.165) is 30.6 Å². The summed E-state index contributed by atoms with van der Waals surface area (Å²) in [6.45, 7) is 3.33. The first-order valence-electron chi connectivity index (χ1n) is 8.02. The van der Waals surface area contributed by atoms with E-state index in [9.17, 15) is 9.59 Å². The van der Waals surface area contributed by atoms with Crippen LogP contribution in [0.4, 0.5) is 10.5 Å². The molecule has 0 bridgehead atoms. The summed E-state index contributed by atoms with van der Waals surface area (Å²) in [6.07, 6.45) is 1.84. The van der Waals surface area contributed by atoms with Gasteiger partial charge < -0.3 is 20.4 Å². The van der Waals surface area contributed by atoms with E-state index in [1.165, 1.54) is 6.92 Å². The third kappa shape index (κ3) is 5.16. The molecule has 6 nitrogen and oxygen atoms in total. The lowest BCUT2D eigenvalue weighted by molar-refractivity contribution is -0.119. The van der Waals surface area contributed by atoms with Crippen molar-refractivity contribution in [3.8, 4) is 0 Å². The zero-order valence-corrected chi connectivity index (χ0v) is 14.1. The summed E-state index contributed by atoms with van der Waals surface area (Å²) in [7, 11) is 4.00. The van der Waals surface area contributed by atoms with E-state index in [-0.39, 0.29) is 18.0 Å². The lowest BCUT2D eigenvalue weighted by atomic mass is 10.1. The van der Waals surface area contributed by atoms with Crippen molar-refractivity contribution in [1.29, 1.82) is 0 Å².